The number of carbonyl (C=O) groups excluding carboxylic acids is 3. The molecular weight excluding hydrogens is 1840 g/mol. The van der Waals surface area contributed by atoms with E-state index >= 15 is 0 Å². The molecule has 0 radical (unpaired) electrons. The quantitative estimate of drug-likeness (QED) is 0.0207. The Kier molecular flexibility index (Phi) is 109. The van der Waals surface area contributed by atoms with E-state index in [0.717, 1.165) is 116 Å². The van der Waals surface area contributed by atoms with Crippen LogP contribution in [-0.2, 0) is 138 Å². The van der Waals surface area contributed by atoms with Gasteiger partial charge in [0.2, 0.25) is 11.8 Å². The number of hydrogen-bond donors (Lipinski definition) is 8. The van der Waals surface area contributed by atoms with Crippen molar-refractivity contribution in [2.45, 2.75) is 297 Å². The molecule has 0 aliphatic heterocycles. The van der Waals surface area contributed by atoms with E-state index in [2.05, 4.69) is 29.8 Å². The first kappa shape index (κ1) is 138. The highest BCUT2D eigenvalue weighted by atomic mass is 16.6. The first-order valence-corrected chi connectivity index (χ1v) is 53.7. The maximum Gasteiger partial charge on any atom is 0.407 e. The molecule has 141 heavy (non-hydrogen) atoms. The van der Waals surface area contributed by atoms with Gasteiger partial charge in [-0.05, 0) is 59.3 Å². The number of ether oxygens (including phenoxy) is 23. The topological polar surface area (TPSA) is 475 Å². The van der Waals surface area contributed by atoms with Crippen molar-refractivity contribution < 1.29 is 163 Å². The summed E-state index contributed by atoms with van der Waals surface area (Å²) in [5.74, 6) is -4.46. The van der Waals surface area contributed by atoms with E-state index in [1.807, 2.05) is 20.8 Å². The maximum atomic E-state index is 13.5. The highest BCUT2D eigenvalue weighted by molar-refractivity contribution is 6.02. The highest BCUT2D eigenvalue weighted by Gasteiger charge is 2.46. The second kappa shape index (κ2) is 111. The van der Waals surface area contributed by atoms with Crippen LogP contribution in [0.4, 0.5) is 4.79 Å². The summed E-state index contributed by atoms with van der Waals surface area (Å²) in [6.45, 7) is 30.8. The van der Waals surface area contributed by atoms with Crippen LogP contribution in [0, 0.1) is 10.8 Å². The molecule has 3 amide bonds. The lowest BCUT2D eigenvalue weighted by atomic mass is 9.76. The van der Waals surface area contributed by atoms with Crippen molar-refractivity contribution in [1.82, 2.24) is 16.0 Å². The average Bonchev–Trinajstić information content (AvgIpc) is 0.821. The van der Waals surface area contributed by atoms with E-state index in [9.17, 15) is 43.8 Å². The molecule has 2 atom stereocenters. The van der Waals surface area contributed by atoms with E-state index < -0.39 is 58.2 Å². The highest BCUT2D eigenvalue weighted by Crippen LogP contribution is 2.35. The van der Waals surface area contributed by atoms with E-state index in [0.29, 0.717) is 355 Å². The van der Waals surface area contributed by atoms with E-state index in [1.54, 1.807) is 0 Å². The Morgan fingerprint density at radius 2 is 0.369 bits per heavy atom. The monoisotopic (exact) mass is 2040 g/mol. The molecule has 0 saturated carbocycles. The number of nitrogens with two attached hydrogens (primary N) is 1. The van der Waals surface area contributed by atoms with Gasteiger partial charge in [0.15, 0.2) is 0 Å². The summed E-state index contributed by atoms with van der Waals surface area (Å²) in [6, 6.07) is 0. The summed E-state index contributed by atoms with van der Waals surface area (Å²) in [5.41, 5.74) is 1.93. The van der Waals surface area contributed by atoms with Gasteiger partial charge < -0.3 is 151 Å². The number of alkyl carbamates (subject to hydrolysis) is 1. The van der Waals surface area contributed by atoms with Crippen LogP contribution in [0.25, 0.3) is 0 Å². The Morgan fingerprint density at radius 3 is 0.532 bits per heavy atom. The predicted molar refractivity (Wildman–Crippen MR) is 539 cm³/mol. The number of carboxylic acid groups (broad SMARTS) is 4. The summed E-state index contributed by atoms with van der Waals surface area (Å²) in [7, 11) is 0. The summed E-state index contributed by atoms with van der Waals surface area (Å²) in [6.07, 6.45) is 35.7. The van der Waals surface area contributed by atoms with Gasteiger partial charge in [0.1, 0.15) is 16.4 Å². The second-order valence-corrected chi connectivity index (χ2v) is 35.6. The minimum Gasteiger partial charge on any atom is -0.481 e. The third kappa shape index (κ3) is 102. The molecule has 0 fully saturated rings. The SMILES string of the molecule is CCCCCCCCCCCC(CCCCCCCCCCC(=O)O)(C(=O)O)C(=O)NCCOCCOCCOCCOCCOCCOCCOCCOCCOCCOCCOCCN.CCCCCCCCCCCC(CCCCCCCCCCC(=O)O)(C(=O)O)C(=O)NCCOCCOCCOCCOCCOCCOCCOCCOCCOCCOCCOCCNC(=O)OC(C)(C)C. The lowest BCUT2D eigenvalue weighted by Gasteiger charge is -2.28. The number of carbonyl (C=O) groups is 7. The van der Waals surface area contributed by atoms with Gasteiger partial charge >= 0.3 is 30.0 Å². The lowest BCUT2D eigenvalue weighted by molar-refractivity contribution is -0.159. The second-order valence-electron chi connectivity index (χ2n) is 35.6. The first-order valence-electron chi connectivity index (χ1n) is 53.7. The fourth-order valence-corrected chi connectivity index (χ4v) is 14.4. The number of unbranched alkanes of at least 4 members (excludes halogenated alkanes) is 30. The van der Waals surface area contributed by atoms with Crippen molar-refractivity contribution >= 4 is 41.8 Å². The molecule has 38 heteroatoms. The predicted octanol–water partition coefficient (Wildman–Crippen LogP) is 14.0. The molecule has 0 aliphatic rings. The van der Waals surface area contributed by atoms with Crippen molar-refractivity contribution in [1.29, 1.82) is 0 Å². The van der Waals surface area contributed by atoms with Crippen molar-refractivity contribution in [2.75, 3.05) is 317 Å². The number of rotatable bonds is 117. The number of hydrogen-bond acceptors (Lipinski definition) is 31. The molecule has 0 spiro atoms. The first-order chi connectivity index (χ1) is 68.8. The molecule has 836 valence electrons. The molecule has 0 aromatic rings. The minimum absolute atomic E-state index is 0.213. The van der Waals surface area contributed by atoms with Crippen LogP contribution >= 0.6 is 0 Å². The Hall–Kier alpha value is -4.83. The van der Waals surface area contributed by atoms with Crippen LogP contribution in [0.3, 0.4) is 0 Å². The van der Waals surface area contributed by atoms with Gasteiger partial charge in [-0.15, -0.1) is 0 Å². The zero-order valence-corrected chi connectivity index (χ0v) is 88.3. The number of carboxylic acids is 4. The summed E-state index contributed by atoms with van der Waals surface area (Å²) in [5, 5.41) is 46.8. The Morgan fingerprint density at radius 1 is 0.213 bits per heavy atom. The van der Waals surface area contributed by atoms with Crippen LogP contribution < -0.4 is 21.7 Å². The van der Waals surface area contributed by atoms with Gasteiger partial charge in [-0.1, -0.05) is 219 Å². The molecule has 0 aromatic heterocycles. The lowest BCUT2D eigenvalue weighted by Crippen LogP contribution is -2.47. The zero-order valence-electron chi connectivity index (χ0n) is 88.3. The van der Waals surface area contributed by atoms with Gasteiger partial charge in [-0.25, -0.2) is 4.79 Å². The van der Waals surface area contributed by atoms with E-state index in [4.69, 9.17) is 125 Å². The zero-order chi connectivity index (χ0) is 103. The molecule has 9 N–H and O–H groups in total. The molecule has 2 unspecified atom stereocenters. The van der Waals surface area contributed by atoms with Gasteiger partial charge in [-0.2, -0.15) is 0 Å². The van der Waals surface area contributed by atoms with Crippen molar-refractivity contribution in [2.24, 2.45) is 16.6 Å². The minimum atomic E-state index is -1.45. The number of amides is 3. The third-order valence-corrected chi connectivity index (χ3v) is 22.3. The fraction of sp³-hybridized carbons (Fsp3) is 0.932. The molecule has 38 nitrogen and oxygen atoms in total. The van der Waals surface area contributed by atoms with Gasteiger partial charge in [0.05, 0.1) is 291 Å². The molecule has 0 heterocycles. The molecule has 0 saturated heterocycles. The van der Waals surface area contributed by atoms with Crippen molar-refractivity contribution in [3.05, 3.63) is 0 Å². The van der Waals surface area contributed by atoms with Crippen LogP contribution in [-0.4, -0.2) is 385 Å². The van der Waals surface area contributed by atoms with Gasteiger partial charge in [0.25, 0.3) is 0 Å². The van der Waals surface area contributed by atoms with Crippen LogP contribution in [0.5, 0.6) is 0 Å². The molecule has 0 aliphatic carbocycles. The van der Waals surface area contributed by atoms with Crippen LogP contribution in [0.2, 0.25) is 0 Å². The molecule has 0 bridgehead atoms. The van der Waals surface area contributed by atoms with E-state index in [-0.39, 0.29) is 39.1 Å². The smallest absolute Gasteiger partial charge is 0.407 e. The Bertz CT molecular complexity index is 2690. The largest absolute Gasteiger partial charge is 0.481 e. The number of nitrogens with one attached hydrogen (secondary N) is 3. The van der Waals surface area contributed by atoms with Gasteiger partial charge in [0, 0.05) is 39.0 Å². The molecule has 0 aromatic carbocycles. The van der Waals surface area contributed by atoms with Crippen molar-refractivity contribution in [3.8, 4) is 0 Å². The third-order valence-electron chi connectivity index (χ3n) is 22.3. The summed E-state index contributed by atoms with van der Waals surface area (Å²) in [4.78, 5) is 85.5. The van der Waals surface area contributed by atoms with Gasteiger partial charge in [-0.3, -0.25) is 28.8 Å². The average molecular weight is 2040 g/mol. The standard InChI is InChI=1S/C54H104N2O18.C49H96N2O16/c1-5-6-7-8-9-11-14-17-20-23-54(51(60)61,24-21-18-15-12-10-13-16-19-22-49(57)58)50(59)55-25-27-63-29-31-65-33-35-67-37-39-69-41-43-71-45-47-73-48-46-72-44-42-70-40-38-68-36-34-66-32-30-64-28-26-56-52(62)74-53(2,3)4;1-2-3-4-5-6-8-11-14-17-20-49(48(55)56,21-18-15-12-9-7-10-13-16-19-46(52)53)47(54)51-23-25-58-27-29-60-31-33-62-35-37-64-39-41-66-43-45-67-44-42-65-40-38-63-36-34-61-32-30-59-28-26-57-24-22-50/h5-48H2,1-4H3,(H,55,59)(H,56,62)(H,57,58)(H,60,61);2-45,50H2,1H3,(H,51,54)(H,52,53)(H,55,56). The summed E-state index contributed by atoms with van der Waals surface area (Å²) >= 11 is 0. The Balaban J connectivity index is 0. The normalized spacial score (nSPS) is 12.5. The fourth-order valence-electron chi connectivity index (χ4n) is 14.4. The number of aliphatic carboxylic acids is 4. The van der Waals surface area contributed by atoms with E-state index in [1.165, 1.54) is 64.2 Å². The Labute approximate surface area is 847 Å². The van der Waals surface area contributed by atoms with Crippen LogP contribution in [0.1, 0.15) is 291 Å². The maximum absolute atomic E-state index is 13.5. The molecular formula is C103H200N4O34. The van der Waals surface area contributed by atoms with Crippen molar-refractivity contribution in [3.63, 3.8) is 0 Å². The summed E-state index contributed by atoms with van der Waals surface area (Å²) < 4.78 is 126. The molecule has 0 rings (SSSR count). The van der Waals surface area contributed by atoms with Crippen LogP contribution in [0.15, 0.2) is 0 Å².